The van der Waals surface area contributed by atoms with Crippen molar-refractivity contribution in [1.29, 1.82) is 0 Å². The first kappa shape index (κ1) is 19.6. The second-order valence-electron chi connectivity index (χ2n) is 7.09. The molecule has 0 radical (unpaired) electrons. The van der Waals surface area contributed by atoms with Gasteiger partial charge in [0.1, 0.15) is 18.3 Å². The van der Waals surface area contributed by atoms with Crippen molar-refractivity contribution >= 4 is 11.8 Å². The Morgan fingerprint density at radius 2 is 1.67 bits per heavy atom. The van der Waals surface area contributed by atoms with Crippen molar-refractivity contribution in [2.75, 3.05) is 13.1 Å². The van der Waals surface area contributed by atoms with E-state index in [9.17, 15) is 9.59 Å². The average molecular weight is 401 g/mol. The summed E-state index contributed by atoms with van der Waals surface area (Å²) in [5, 5.41) is 2.87. The van der Waals surface area contributed by atoms with Gasteiger partial charge in [-0.15, -0.1) is 0 Å². The van der Waals surface area contributed by atoms with Crippen LogP contribution in [0.25, 0.3) is 0 Å². The lowest BCUT2D eigenvalue weighted by atomic mass is 9.90. The van der Waals surface area contributed by atoms with Gasteiger partial charge in [0.05, 0.1) is 0 Å². The molecule has 0 aliphatic carbocycles. The van der Waals surface area contributed by atoms with E-state index in [-0.39, 0.29) is 24.4 Å². The van der Waals surface area contributed by atoms with Crippen LogP contribution in [-0.2, 0) is 16.0 Å². The Kier molecular flexibility index (Phi) is 6.03. The summed E-state index contributed by atoms with van der Waals surface area (Å²) in [6.45, 7) is 0.465. The van der Waals surface area contributed by atoms with Crippen LogP contribution in [-0.4, -0.2) is 40.9 Å². The van der Waals surface area contributed by atoms with Gasteiger partial charge in [0.2, 0.25) is 12.0 Å². The molecule has 30 heavy (non-hydrogen) atoms. The number of β-lactam (4-membered cyclic amide) rings is 1. The highest BCUT2D eigenvalue weighted by molar-refractivity contribution is 5.93. The molecule has 1 N–H and O–H groups in total. The zero-order valence-electron chi connectivity index (χ0n) is 16.5. The normalized spacial score (nSPS) is 17.9. The van der Waals surface area contributed by atoms with Gasteiger partial charge in [-0.2, -0.15) is 0 Å². The van der Waals surface area contributed by atoms with Gasteiger partial charge in [-0.1, -0.05) is 54.6 Å². The van der Waals surface area contributed by atoms with Crippen molar-refractivity contribution in [3.8, 4) is 5.75 Å². The number of pyridine rings is 1. The summed E-state index contributed by atoms with van der Waals surface area (Å²) in [7, 11) is 0. The molecule has 2 amide bonds. The molecule has 2 unspecified atom stereocenters. The highest BCUT2D eigenvalue weighted by Gasteiger charge is 2.50. The third-order valence-electron chi connectivity index (χ3n) is 5.04. The van der Waals surface area contributed by atoms with E-state index >= 15 is 0 Å². The molecular weight excluding hydrogens is 378 g/mol. The summed E-state index contributed by atoms with van der Waals surface area (Å²) in [6, 6.07) is 24.3. The Labute approximate surface area is 175 Å². The van der Waals surface area contributed by atoms with Crippen molar-refractivity contribution < 1.29 is 14.3 Å². The number of rotatable bonds is 8. The van der Waals surface area contributed by atoms with Gasteiger partial charge in [-0.05, 0) is 29.8 Å². The molecule has 1 saturated heterocycles. The number of aromatic nitrogens is 1. The van der Waals surface area contributed by atoms with Gasteiger partial charge in [0.15, 0.2) is 0 Å². The van der Waals surface area contributed by atoms with Crippen LogP contribution in [0.5, 0.6) is 5.75 Å². The van der Waals surface area contributed by atoms with Crippen LogP contribution in [0.4, 0.5) is 0 Å². The largest absolute Gasteiger partial charge is 0.478 e. The number of hydrogen-bond acceptors (Lipinski definition) is 4. The monoisotopic (exact) mass is 401 g/mol. The van der Waals surface area contributed by atoms with Crippen molar-refractivity contribution in [3.63, 3.8) is 0 Å². The standard InChI is InChI=1S/C24H23N3O3/c28-21(26-16-14-19-11-7-8-15-25-19)17-27-22(18-9-3-1-4-10-18)23(24(27)29)30-20-12-5-2-6-13-20/h1-13,15,22-23H,14,16-17H2,(H,26,28). The fourth-order valence-electron chi connectivity index (χ4n) is 3.55. The second-order valence-corrected chi connectivity index (χ2v) is 7.09. The van der Waals surface area contributed by atoms with Gasteiger partial charge in [0.25, 0.3) is 5.91 Å². The summed E-state index contributed by atoms with van der Waals surface area (Å²) in [4.78, 5) is 31.1. The summed E-state index contributed by atoms with van der Waals surface area (Å²) in [6.07, 6.45) is 1.73. The molecule has 1 fully saturated rings. The molecule has 0 saturated carbocycles. The number of likely N-dealkylation sites (tertiary alicyclic amines) is 1. The number of carbonyl (C=O) groups excluding carboxylic acids is 2. The molecule has 1 aromatic heterocycles. The average Bonchev–Trinajstić information content (AvgIpc) is 2.80. The van der Waals surface area contributed by atoms with Crippen molar-refractivity contribution in [2.45, 2.75) is 18.6 Å². The van der Waals surface area contributed by atoms with Gasteiger partial charge in [-0.25, -0.2) is 0 Å². The summed E-state index contributed by atoms with van der Waals surface area (Å²) in [5.41, 5.74) is 1.86. The topological polar surface area (TPSA) is 71.5 Å². The van der Waals surface area contributed by atoms with E-state index in [1.165, 1.54) is 0 Å². The first-order valence-electron chi connectivity index (χ1n) is 9.96. The molecule has 3 aromatic rings. The minimum Gasteiger partial charge on any atom is -0.478 e. The van der Waals surface area contributed by atoms with Crippen LogP contribution in [0.1, 0.15) is 17.3 Å². The fourth-order valence-corrected chi connectivity index (χ4v) is 3.55. The predicted molar refractivity (Wildman–Crippen MR) is 113 cm³/mol. The Hall–Kier alpha value is -3.67. The summed E-state index contributed by atoms with van der Waals surface area (Å²) >= 11 is 0. The number of nitrogens with one attached hydrogen (secondary N) is 1. The quantitative estimate of drug-likeness (QED) is 0.589. The van der Waals surface area contributed by atoms with Crippen LogP contribution in [0.3, 0.4) is 0 Å². The Bertz CT molecular complexity index is 980. The first-order chi connectivity index (χ1) is 14.7. The van der Waals surface area contributed by atoms with E-state index in [4.69, 9.17) is 4.74 Å². The first-order valence-corrected chi connectivity index (χ1v) is 9.96. The number of ether oxygens (including phenoxy) is 1. The number of para-hydroxylation sites is 1. The number of nitrogens with zero attached hydrogens (tertiary/aromatic N) is 2. The highest BCUT2D eigenvalue weighted by atomic mass is 16.5. The van der Waals surface area contributed by atoms with Gasteiger partial charge in [0, 0.05) is 24.9 Å². The third-order valence-corrected chi connectivity index (χ3v) is 5.04. The van der Waals surface area contributed by atoms with E-state index in [0.717, 1.165) is 11.3 Å². The predicted octanol–water partition coefficient (Wildman–Crippen LogP) is 2.77. The van der Waals surface area contributed by atoms with E-state index in [2.05, 4.69) is 10.3 Å². The minimum absolute atomic E-state index is 0.00470. The lowest BCUT2D eigenvalue weighted by Gasteiger charge is -2.46. The summed E-state index contributed by atoms with van der Waals surface area (Å²) < 4.78 is 5.95. The van der Waals surface area contributed by atoms with E-state index in [0.29, 0.717) is 18.7 Å². The number of amides is 2. The number of carbonyl (C=O) groups is 2. The highest BCUT2D eigenvalue weighted by Crippen LogP contribution is 2.37. The van der Waals surface area contributed by atoms with E-state index in [1.54, 1.807) is 11.1 Å². The lowest BCUT2D eigenvalue weighted by Crippen LogP contribution is -2.63. The maximum absolute atomic E-state index is 12.8. The SMILES string of the molecule is O=C(CN1C(=O)C(Oc2ccccc2)C1c1ccccc1)NCCc1ccccn1. The second kappa shape index (κ2) is 9.22. The van der Waals surface area contributed by atoms with Gasteiger partial charge in [-0.3, -0.25) is 14.6 Å². The van der Waals surface area contributed by atoms with E-state index < -0.39 is 6.10 Å². The third kappa shape index (κ3) is 4.49. The zero-order valence-corrected chi connectivity index (χ0v) is 16.5. The van der Waals surface area contributed by atoms with Crippen molar-refractivity contribution in [2.24, 2.45) is 0 Å². The molecule has 1 aliphatic heterocycles. The Balaban J connectivity index is 1.40. The fraction of sp³-hybridized carbons (Fsp3) is 0.208. The molecule has 152 valence electrons. The molecule has 0 bridgehead atoms. The molecule has 0 spiro atoms. The molecule has 2 aromatic carbocycles. The summed E-state index contributed by atoms with van der Waals surface area (Å²) in [5.74, 6) is 0.252. The molecule has 2 atom stereocenters. The van der Waals surface area contributed by atoms with Crippen molar-refractivity contribution in [3.05, 3.63) is 96.3 Å². The molecule has 2 heterocycles. The van der Waals surface area contributed by atoms with Crippen LogP contribution in [0, 0.1) is 0 Å². The smallest absolute Gasteiger partial charge is 0.267 e. The van der Waals surface area contributed by atoms with Crippen LogP contribution in [0.2, 0.25) is 0 Å². The maximum atomic E-state index is 12.8. The zero-order chi connectivity index (χ0) is 20.8. The van der Waals surface area contributed by atoms with E-state index in [1.807, 2.05) is 78.9 Å². The van der Waals surface area contributed by atoms with Gasteiger partial charge < -0.3 is 15.0 Å². The molecule has 4 rings (SSSR count). The molecule has 1 aliphatic rings. The van der Waals surface area contributed by atoms with Gasteiger partial charge >= 0.3 is 0 Å². The van der Waals surface area contributed by atoms with Crippen molar-refractivity contribution in [1.82, 2.24) is 15.2 Å². The Morgan fingerprint density at radius 3 is 2.37 bits per heavy atom. The molecule has 6 heteroatoms. The molecular formula is C24H23N3O3. The Morgan fingerprint density at radius 1 is 0.967 bits per heavy atom. The number of hydrogen-bond donors (Lipinski definition) is 1. The lowest BCUT2D eigenvalue weighted by molar-refractivity contribution is -0.166. The number of benzene rings is 2. The van der Waals surface area contributed by atoms with Crippen LogP contribution in [0.15, 0.2) is 85.1 Å². The maximum Gasteiger partial charge on any atom is 0.267 e. The minimum atomic E-state index is -0.642. The molecule has 6 nitrogen and oxygen atoms in total. The van der Waals surface area contributed by atoms with Crippen LogP contribution >= 0.6 is 0 Å². The van der Waals surface area contributed by atoms with Crippen LogP contribution < -0.4 is 10.1 Å².